The quantitative estimate of drug-likeness (QED) is 0.0344. The molecule has 2 atom stereocenters. The van der Waals surface area contributed by atoms with Crippen molar-refractivity contribution in [3.63, 3.8) is 0 Å². The number of rotatable bonds is 52. The van der Waals surface area contributed by atoms with E-state index in [0.29, 0.717) is 19.3 Å². The highest BCUT2D eigenvalue weighted by Gasteiger charge is 2.19. The number of ether oxygens (including phenoxy) is 3. The Kier molecular flexibility index (Phi) is 49.6. The van der Waals surface area contributed by atoms with Crippen LogP contribution in [0, 0.1) is 11.8 Å². The van der Waals surface area contributed by atoms with Gasteiger partial charge in [-0.25, -0.2) is 0 Å². The molecule has 380 valence electrons. The van der Waals surface area contributed by atoms with E-state index in [1.54, 1.807) is 0 Å². The summed E-state index contributed by atoms with van der Waals surface area (Å²) in [4.78, 5) is 38.1. The third-order valence-corrected chi connectivity index (χ3v) is 13.6. The monoisotopic (exact) mass is 905 g/mol. The van der Waals surface area contributed by atoms with Gasteiger partial charge in [-0.2, -0.15) is 0 Å². The summed E-state index contributed by atoms with van der Waals surface area (Å²) in [5.41, 5.74) is 0. The second-order valence-corrected chi connectivity index (χ2v) is 20.6. The fraction of sp³-hybridized carbons (Fsp3) is 0.948. The molecule has 0 bridgehead atoms. The first-order valence-corrected chi connectivity index (χ1v) is 28.8. The topological polar surface area (TPSA) is 78.9 Å². The van der Waals surface area contributed by atoms with Crippen molar-refractivity contribution in [2.45, 2.75) is 330 Å². The lowest BCUT2D eigenvalue weighted by molar-refractivity contribution is -0.167. The van der Waals surface area contributed by atoms with Crippen LogP contribution < -0.4 is 0 Å². The van der Waals surface area contributed by atoms with Crippen molar-refractivity contribution in [2.24, 2.45) is 11.8 Å². The number of carbonyl (C=O) groups excluding carboxylic acids is 3. The van der Waals surface area contributed by atoms with Crippen LogP contribution in [0.3, 0.4) is 0 Å². The summed E-state index contributed by atoms with van der Waals surface area (Å²) in [6, 6.07) is 0. The average molecular weight is 906 g/mol. The fourth-order valence-electron chi connectivity index (χ4n) is 8.84. The molecular formula is C58H112O6. The molecule has 0 amide bonds. The SMILES string of the molecule is CCCCCCCCCCCCCCCC(=O)OC[C@H](COC(=O)CCCCCCCCCCCCCCC(C)C)OC(=O)CCCCCCCCCCCCCCCCC(C)CC. The van der Waals surface area contributed by atoms with Gasteiger partial charge in [-0.1, -0.05) is 285 Å². The van der Waals surface area contributed by atoms with Gasteiger partial charge in [0, 0.05) is 19.3 Å². The first kappa shape index (κ1) is 62.4. The summed E-state index contributed by atoms with van der Waals surface area (Å²) in [7, 11) is 0. The van der Waals surface area contributed by atoms with E-state index in [-0.39, 0.29) is 31.1 Å². The molecule has 0 radical (unpaired) electrons. The van der Waals surface area contributed by atoms with Crippen LogP contribution in [-0.2, 0) is 28.6 Å². The molecule has 0 aliphatic rings. The highest BCUT2D eigenvalue weighted by molar-refractivity contribution is 5.71. The Hall–Kier alpha value is -1.59. The maximum Gasteiger partial charge on any atom is 0.306 e. The molecule has 6 nitrogen and oxygen atoms in total. The molecular weight excluding hydrogens is 793 g/mol. The molecule has 0 aromatic rings. The zero-order chi connectivity index (χ0) is 46.8. The summed E-state index contributed by atoms with van der Waals surface area (Å²) in [6.07, 6.45) is 53.7. The van der Waals surface area contributed by atoms with Crippen LogP contribution in [0.15, 0.2) is 0 Å². The third kappa shape index (κ3) is 49.8. The minimum atomic E-state index is -0.762. The Bertz CT molecular complexity index is 980. The van der Waals surface area contributed by atoms with Crippen molar-refractivity contribution in [2.75, 3.05) is 13.2 Å². The number of esters is 3. The lowest BCUT2D eigenvalue weighted by Gasteiger charge is -2.18. The molecule has 1 unspecified atom stereocenters. The molecule has 0 rings (SSSR count). The average Bonchev–Trinajstić information content (AvgIpc) is 3.28. The summed E-state index contributed by atoms with van der Waals surface area (Å²) in [6.45, 7) is 11.4. The van der Waals surface area contributed by atoms with Gasteiger partial charge < -0.3 is 14.2 Å². The maximum absolute atomic E-state index is 12.9. The summed E-state index contributed by atoms with van der Waals surface area (Å²) in [5.74, 6) is 0.889. The van der Waals surface area contributed by atoms with Crippen LogP contribution in [0.25, 0.3) is 0 Å². The Morgan fingerprint density at radius 3 is 0.891 bits per heavy atom. The zero-order valence-electron chi connectivity index (χ0n) is 43.9. The van der Waals surface area contributed by atoms with Gasteiger partial charge in [-0.05, 0) is 31.1 Å². The van der Waals surface area contributed by atoms with Gasteiger partial charge in [0.05, 0.1) is 0 Å². The molecule has 0 aromatic carbocycles. The van der Waals surface area contributed by atoms with Crippen molar-refractivity contribution in [3.05, 3.63) is 0 Å². The van der Waals surface area contributed by atoms with Crippen LogP contribution in [-0.4, -0.2) is 37.2 Å². The molecule has 0 heterocycles. The number of hydrogen-bond acceptors (Lipinski definition) is 6. The molecule has 0 N–H and O–H groups in total. The van der Waals surface area contributed by atoms with Crippen molar-refractivity contribution in [3.8, 4) is 0 Å². The highest BCUT2D eigenvalue weighted by atomic mass is 16.6. The minimum Gasteiger partial charge on any atom is -0.462 e. The lowest BCUT2D eigenvalue weighted by Crippen LogP contribution is -2.30. The van der Waals surface area contributed by atoms with E-state index in [9.17, 15) is 14.4 Å². The lowest BCUT2D eigenvalue weighted by atomic mass is 9.99. The van der Waals surface area contributed by atoms with Crippen molar-refractivity contribution in [1.82, 2.24) is 0 Å². The van der Waals surface area contributed by atoms with Crippen LogP contribution in [0.2, 0.25) is 0 Å². The van der Waals surface area contributed by atoms with E-state index in [0.717, 1.165) is 69.6 Å². The maximum atomic E-state index is 12.9. The number of hydrogen-bond donors (Lipinski definition) is 0. The largest absolute Gasteiger partial charge is 0.462 e. The first-order chi connectivity index (χ1) is 31.3. The second kappa shape index (κ2) is 50.8. The fourth-order valence-corrected chi connectivity index (χ4v) is 8.84. The molecule has 0 spiro atoms. The van der Waals surface area contributed by atoms with Gasteiger partial charge in [-0.15, -0.1) is 0 Å². The van der Waals surface area contributed by atoms with Gasteiger partial charge in [0.25, 0.3) is 0 Å². The minimum absolute atomic E-state index is 0.0627. The molecule has 0 aliphatic heterocycles. The van der Waals surface area contributed by atoms with Crippen LogP contribution in [0.5, 0.6) is 0 Å². The van der Waals surface area contributed by atoms with Crippen molar-refractivity contribution in [1.29, 1.82) is 0 Å². The molecule has 0 aliphatic carbocycles. The van der Waals surface area contributed by atoms with Crippen LogP contribution in [0.1, 0.15) is 324 Å². The van der Waals surface area contributed by atoms with Gasteiger partial charge in [0.1, 0.15) is 13.2 Å². The molecule has 64 heavy (non-hydrogen) atoms. The van der Waals surface area contributed by atoms with E-state index in [1.807, 2.05) is 0 Å². The van der Waals surface area contributed by atoms with Gasteiger partial charge >= 0.3 is 17.9 Å². The summed E-state index contributed by atoms with van der Waals surface area (Å²) >= 11 is 0. The molecule has 0 fully saturated rings. The Labute approximate surface area is 399 Å². The standard InChI is InChI=1S/C58H112O6/c1-6-8-9-10-11-12-13-16-23-28-33-38-43-48-56(59)62-51-55(52-63-57(60)49-44-39-34-29-24-20-19-21-26-31-36-41-46-53(3)4)64-58(61)50-45-40-35-30-25-18-15-14-17-22-27-32-37-42-47-54(5)7-2/h53-55H,6-52H2,1-5H3/t54?,55-/m1/s1. The zero-order valence-corrected chi connectivity index (χ0v) is 43.9. The van der Waals surface area contributed by atoms with Crippen LogP contribution in [0.4, 0.5) is 0 Å². The Morgan fingerprint density at radius 2 is 0.594 bits per heavy atom. The summed E-state index contributed by atoms with van der Waals surface area (Å²) in [5, 5.41) is 0. The van der Waals surface area contributed by atoms with Gasteiger partial charge in [0.2, 0.25) is 0 Å². The molecule has 0 saturated carbocycles. The van der Waals surface area contributed by atoms with Gasteiger partial charge in [0.15, 0.2) is 6.10 Å². The molecule has 0 saturated heterocycles. The van der Waals surface area contributed by atoms with E-state index in [1.165, 1.54) is 212 Å². The third-order valence-electron chi connectivity index (χ3n) is 13.6. The Balaban J connectivity index is 4.30. The van der Waals surface area contributed by atoms with Crippen molar-refractivity contribution < 1.29 is 28.6 Å². The predicted octanol–water partition coefficient (Wildman–Crippen LogP) is 18.9. The van der Waals surface area contributed by atoms with E-state index in [4.69, 9.17) is 14.2 Å². The highest BCUT2D eigenvalue weighted by Crippen LogP contribution is 2.18. The van der Waals surface area contributed by atoms with E-state index < -0.39 is 6.10 Å². The predicted molar refractivity (Wildman–Crippen MR) is 275 cm³/mol. The first-order valence-electron chi connectivity index (χ1n) is 28.8. The second-order valence-electron chi connectivity index (χ2n) is 20.6. The smallest absolute Gasteiger partial charge is 0.306 e. The number of unbranched alkanes of at least 4 members (excludes halogenated alkanes) is 36. The van der Waals surface area contributed by atoms with E-state index >= 15 is 0 Å². The molecule has 0 aromatic heterocycles. The summed E-state index contributed by atoms with van der Waals surface area (Å²) < 4.78 is 16.9. The molecule has 6 heteroatoms. The van der Waals surface area contributed by atoms with Crippen molar-refractivity contribution >= 4 is 17.9 Å². The van der Waals surface area contributed by atoms with Gasteiger partial charge in [-0.3, -0.25) is 14.4 Å². The van der Waals surface area contributed by atoms with E-state index in [2.05, 4.69) is 34.6 Å². The number of carbonyl (C=O) groups is 3. The Morgan fingerprint density at radius 1 is 0.328 bits per heavy atom. The van der Waals surface area contributed by atoms with Crippen LogP contribution >= 0.6 is 0 Å². The normalized spacial score (nSPS) is 12.5.